The lowest BCUT2D eigenvalue weighted by molar-refractivity contribution is -0.764. The Labute approximate surface area is 275 Å². The van der Waals surface area contributed by atoms with E-state index in [1.807, 2.05) is 0 Å². The van der Waals surface area contributed by atoms with Crippen molar-refractivity contribution in [2.24, 2.45) is 5.41 Å². The summed E-state index contributed by atoms with van der Waals surface area (Å²) in [7, 11) is 0. The van der Waals surface area contributed by atoms with E-state index in [0.717, 1.165) is 19.3 Å². The molecule has 8 rings (SSSR count). The number of hydrogen-bond donors (Lipinski definition) is 0. The summed E-state index contributed by atoms with van der Waals surface area (Å²) in [5, 5.41) is 0. The molecule has 1 fully saturated rings. The van der Waals surface area contributed by atoms with Crippen LogP contribution in [0, 0.1) is 19.3 Å². The Morgan fingerprint density at radius 1 is 0.717 bits per heavy atom. The molecule has 0 N–H and O–H groups in total. The van der Waals surface area contributed by atoms with Crippen LogP contribution in [0.5, 0.6) is 0 Å². The Hall–Kier alpha value is -4.04. The van der Waals surface area contributed by atoms with E-state index in [2.05, 4.69) is 154 Å². The predicted molar refractivity (Wildman–Crippen MR) is 189 cm³/mol. The minimum atomic E-state index is -0.0295. The highest BCUT2D eigenvalue weighted by atomic mass is 15.2. The Morgan fingerprint density at radius 2 is 1.48 bits per heavy atom. The van der Waals surface area contributed by atoms with Crippen LogP contribution in [0.1, 0.15) is 87.2 Å². The van der Waals surface area contributed by atoms with Gasteiger partial charge in [-0.05, 0) is 92.6 Å². The van der Waals surface area contributed by atoms with Gasteiger partial charge in [-0.3, -0.25) is 0 Å². The van der Waals surface area contributed by atoms with Crippen molar-refractivity contribution in [3.63, 3.8) is 0 Å². The maximum absolute atomic E-state index is 2.74. The summed E-state index contributed by atoms with van der Waals surface area (Å²) in [6, 6.07) is 35.3. The van der Waals surface area contributed by atoms with Crippen LogP contribution in [0.15, 0.2) is 103 Å². The summed E-state index contributed by atoms with van der Waals surface area (Å²) < 4.78 is 5.42. The number of pyridine rings is 2. The van der Waals surface area contributed by atoms with E-state index < -0.39 is 0 Å². The first-order chi connectivity index (χ1) is 22.3. The average Bonchev–Trinajstić information content (AvgIpc) is 3.55. The Balaban J connectivity index is 1.32. The molecule has 0 amide bonds. The van der Waals surface area contributed by atoms with E-state index in [-0.39, 0.29) is 16.4 Å². The third-order valence-corrected chi connectivity index (χ3v) is 12.7. The molecule has 2 heteroatoms. The molecule has 5 aromatic rings. The van der Waals surface area contributed by atoms with Crippen molar-refractivity contribution in [1.29, 1.82) is 0 Å². The fraction of sp³-hybridized carbons (Fsp3) is 0.364. The third-order valence-electron chi connectivity index (χ3n) is 12.7. The first-order valence-corrected chi connectivity index (χ1v) is 17.7. The second-order valence-corrected chi connectivity index (χ2v) is 14.8. The first-order valence-electron chi connectivity index (χ1n) is 17.7. The van der Waals surface area contributed by atoms with Gasteiger partial charge >= 0.3 is 0 Å². The predicted octanol–water partition coefficient (Wildman–Crippen LogP) is 9.81. The molecule has 2 aliphatic heterocycles. The Kier molecular flexibility index (Phi) is 6.70. The van der Waals surface area contributed by atoms with Crippen LogP contribution in [0.25, 0.3) is 33.6 Å². The number of hydrogen-bond acceptors (Lipinski definition) is 0. The molecule has 232 valence electrons. The lowest BCUT2D eigenvalue weighted by Crippen LogP contribution is -2.58. The summed E-state index contributed by atoms with van der Waals surface area (Å²) in [6.45, 7) is 14.5. The number of benzene rings is 3. The topological polar surface area (TPSA) is 7.76 Å². The molecule has 3 aromatic carbocycles. The molecule has 0 radical (unpaired) electrons. The lowest BCUT2D eigenvalue weighted by atomic mass is 9.76. The van der Waals surface area contributed by atoms with Crippen molar-refractivity contribution >= 4 is 0 Å². The van der Waals surface area contributed by atoms with E-state index >= 15 is 0 Å². The van der Waals surface area contributed by atoms with Gasteiger partial charge in [0, 0.05) is 36.1 Å². The smallest absolute Gasteiger partial charge is 0.194 e. The van der Waals surface area contributed by atoms with E-state index in [4.69, 9.17) is 0 Å². The number of fused-ring (bicyclic) bond motifs is 9. The number of aryl methyl sites for hydroxylation is 3. The molecule has 0 spiro atoms. The Bertz CT molecular complexity index is 1990. The molecule has 0 bridgehead atoms. The molecule has 4 atom stereocenters. The molecule has 2 nitrogen and oxygen atoms in total. The molecule has 2 aromatic heterocycles. The molecular formula is C44H48N2+2. The second-order valence-electron chi connectivity index (χ2n) is 14.8. The third kappa shape index (κ3) is 3.76. The molecule has 3 aliphatic rings. The maximum Gasteiger partial charge on any atom is 0.213 e. The van der Waals surface area contributed by atoms with Gasteiger partial charge in [-0.1, -0.05) is 81.3 Å². The fourth-order valence-electron chi connectivity index (χ4n) is 10.3. The summed E-state index contributed by atoms with van der Waals surface area (Å²) >= 11 is 0. The molecule has 4 unspecified atom stereocenters. The number of aromatic nitrogens is 2. The van der Waals surface area contributed by atoms with E-state index in [1.165, 1.54) is 75.2 Å². The molecular weight excluding hydrogens is 556 g/mol. The van der Waals surface area contributed by atoms with Gasteiger partial charge in [0.15, 0.2) is 24.0 Å². The summed E-state index contributed by atoms with van der Waals surface area (Å²) in [5.41, 5.74) is 15.2. The molecule has 1 saturated carbocycles. The molecule has 0 saturated heterocycles. The van der Waals surface area contributed by atoms with Crippen LogP contribution >= 0.6 is 0 Å². The maximum atomic E-state index is 2.74. The van der Waals surface area contributed by atoms with Gasteiger partial charge in [0.25, 0.3) is 0 Å². The van der Waals surface area contributed by atoms with Crippen molar-refractivity contribution in [3.8, 4) is 33.6 Å². The van der Waals surface area contributed by atoms with Crippen LogP contribution in [0.2, 0.25) is 0 Å². The monoisotopic (exact) mass is 604 g/mol. The summed E-state index contributed by atoms with van der Waals surface area (Å²) in [6.07, 6.45) is 12.0. The molecule has 4 heterocycles. The minimum Gasteiger partial charge on any atom is -0.194 e. The zero-order valence-electron chi connectivity index (χ0n) is 28.5. The van der Waals surface area contributed by atoms with Gasteiger partial charge in [0.1, 0.15) is 5.41 Å². The number of unbranched alkanes of at least 4 members (excludes halogenated alkanes) is 2. The van der Waals surface area contributed by atoms with Gasteiger partial charge < -0.3 is 0 Å². The minimum absolute atomic E-state index is 0.0139. The first kappa shape index (κ1) is 29.4. The van der Waals surface area contributed by atoms with Gasteiger partial charge in [-0.2, -0.15) is 9.13 Å². The zero-order chi connectivity index (χ0) is 31.8. The van der Waals surface area contributed by atoms with Gasteiger partial charge in [-0.15, -0.1) is 0 Å². The van der Waals surface area contributed by atoms with Gasteiger partial charge in [-0.25, -0.2) is 0 Å². The highest BCUT2D eigenvalue weighted by Gasteiger charge is 2.95. The standard InChI is InChI=1S/C44H48N2/c1-7-9-11-14-32-19-22-38-37(25-32)40-24-18-31(4)29-46(40)44(8-2)42(38,5)43(44,6)41-27-35-21-20-34(33-15-12-10-13-16-33)26-36(35)39-23-17-30(3)28-45(39)41/h10,12-13,15-26,28-29,41H,7-9,11,14,27H2,1-6H3/q+2. The van der Waals surface area contributed by atoms with E-state index in [9.17, 15) is 0 Å². The van der Waals surface area contributed by atoms with E-state index in [0.29, 0.717) is 6.04 Å². The van der Waals surface area contributed by atoms with Crippen LogP contribution in [0.3, 0.4) is 0 Å². The summed E-state index contributed by atoms with van der Waals surface area (Å²) in [4.78, 5) is 0. The van der Waals surface area contributed by atoms with Crippen molar-refractivity contribution in [2.45, 2.75) is 97.1 Å². The highest BCUT2D eigenvalue weighted by molar-refractivity contribution is 5.74. The lowest BCUT2D eigenvalue weighted by Gasteiger charge is -2.29. The largest absolute Gasteiger partial charge is 0.213 e. The zero-order valence-corrected chi connectivity index (χ0v) is 28.5. The SMILES string of the molecule is CCCCCc1ccc2c(c1)-c1ccc(C)c[n+]1C1(CC)C2(C)C1(C)C1Cc2ccc(-c3ccccc3)cc2-c2ccc(C)c[n+]21. The fourth-order valence-corrected chi connectivity index (χ4v) is 10.3. The Morgan fingerprint density at radius 3 is 2.24 bits per heavy atom. The van der Waals surface area contributed by atoms with Crippen molar-refractivity contribution in [3.05, 3.63) is 131 Å². The van der Waals surface area contributed by atoms with E-state index in [1.54, 1.807) is 5.56 Å². The van der Waals surface area contributed by atoms with Crippen molar-refractivity contribution < 1.29 is 9.13 Å². The highest BCUT2D eigenvalue weighted by Crippen LogP contribution is 2.81. The summed E-state index contributed by atoms with van der Waals surface area (Å²) in [5.74, 6) is 0. The van der Waals surface area contributed by atoms with Gasteiger partial charge in [0.05, 0.1) is 16.5 Å². The average molecular weight is 605 g/mol. The number of nitrogens with zero attached hydrogens (tertiary/aromatic N) is 2. The second kappa shape index (κ2) is 10.5. The quantitative estimate of drug-likeness (QED) is 0.129. The number of rotatable bonds is 7. The van der Waals surface area contributed by atoms with Crippen molar-refractivity contribution in [2.75, 3.05) is 0 Å². The van der Waals surface area contributed by atoms with Crippen molar-refractivity contribution in [1.82, 2.24) is 0 Å². The van der Waals surface area contributed by atoms with Crippen LogP contribution in [0.4, 0.5) is 0 Å². The normalized spacial score (nSPS) is 25.1. The van der Waals surface area contributed by atoms with Crippen LogP contribution < -0.4 is 9.13 Å². The van der Waals surface area contributed by atoms with Crippen LogP contribution in [-0.4, -0.2) is 0 Å². The van der Waals surface area contributed by atoms with Gasteiger partial charge in [0.2, 0.25) is 11.4 Å². The van der Waals surface area contributed by atoms with Crippen LogP contribution in [-0.2, 0) is 23.8 Å². The molecule has 46 heavy (non-hydrogen) atoms. The molecule has 1 aliphatic carbocycles.